The molecule has 4 nitrogen and oxygen atoms in total. The van der Waals surface area contributed by atoms with Crippen molar-refractivity contribution in [1.82, 2.24) is 5.32 Å². The van der Waals surface area contributed by atoms with Crippen molar-refractivity contribution in [1.29, 1.82) is 0 Å². The maximum absolute atomic E-state index is 11.7. The van der Waals surface area contributed by atoms with Gasteiger partial charge in [0, 0.05) is 19.2 Å². The third-order valence-electron chi connectivity index (χ3n) is 3.37. The Labute approximate surface area is 90.5 Å². The summed E-state index contributed by atoms with van der Waals surface area (Å²) in [7, 11) is 0. The first kappa shape index (κ1) is 10.9. The second-order valence-corrected chi connectivity index (χ2v) is 4.76. The molecule has 3 N–H and O–H groups in total. The van der Waals surface area contributed by atoms with E-state index in [0.29, 0.717) is 18.6 Å². The minimum absolute atomic E-state index is 0.0764. The molecule has 0 bridgehead atoms. The molecular weight excluding hydrogens is 192 g/mol. The molecule has 1 amide bonds. The van der Waals surface area contributed by atoms with Crippen LogP contribution in [0.15, 0.2) is 0 Å². The van der Waals surface area contributed by atoms with Crippen LogP contribution in [0.5, 0.6) is 0 Å². The molecular formula is C11H20N2O2. The number of carbonyl (C=O) groups is 1. The Morgan fingerprint density at radius 1 is 1.47 bits per heavy atom. The molecule has 1 saturated heterocycles. The first-order chi connectivity index (χ1) is 7.25. The Morgan fingerprint density at radius 3 is 2.87 bits per heavy atom. The van der Waals surface area contributed by atoms with Gasteiger partial charge in [-0.25, -0.2) is 0 Å². The molecule has 0 aromatic carbocycles. The van der Waals surface area contributed by atoms with Gasteiger partial charge in [0.2, 0.25) is 5.91 Å². The molecule has 1 atom stereocenters. The molecule has 0 spiro atoms. The number of nitrogens with two attached hydrogens (primary N) is 1. The fraction of sp³-hybridized carbons (Fsp3) is 0.909. The normalized spacial score (nSPS) is 35.7. The summed E-state index contributed by atoms with van der Waals surface area (Å²) in [6, 6.07) is 0.366. The number of hydrogen-bond donors (Lipinski definition) is 2. The molecule has 1 aliphatic heterocycles. The molecule has 1 aliphatic carbocycles. The van der Waals surface area contributed by atoms with Crippen molar-refractivity contribution in [3.8, 4) is 0 Å². The minimum Gasteiger partial charge on any atom is -0.381 e. The zero-order valence-electron chi connectivity index (χ0n) is 9.08. The van der Waals surface area contributed by atoms with E-state index in [9.17, 15) is 4.79 Å². The standard InChI is InChI=1S/C11H20N2O2/c12-10-4-8(5-10)6-13-11(14)9-2-1-3-15-7-9/h8-10H,1-7,12H2,(H,13,14). The monoisotopic (exact) mass is 212 g/mol. The van der Waals surface area contributed by atoms with Crippen molar-refractivity contribution >= 4 is 5.91 Å². The summed E-state index contributed by atoms with van der Waals surface area (Å²) in [5.41, 5.74) is 5.69. The average Bonchev–Trinajstić information content (AvgIpc) is 2.23. The second-order valence-electron chi connectivity index (χ2n) is 4.76. The Kier molecular flexibility index (Phi) is 3.59. The number of rotatable bonds is 3. The number of nitrogens with one attached hydrogen (secondary N) is 1. The fourth-order valence-corrected chi connectivity index (χ4v) is 2.29. The van der Waals surface area contributed by atoms with Crippen LogP contribution < -0.4 is 11.1 Å². The van der Waals surface area contributed by atoms with Crippen LogP contribution in [0.2, 0.25) is 0 Å². The number of hydrogen-bond acceptors (Lipinski definition) is 3. The van der Waals surface area contributed by atoms with Crippen LogP contribution in [0.25, 0.3) is 0 Å². The lowest BCUT2D eigenvalue weighted by molar-refractivity contribution is -0.129. The third-order valence-corrected chi connectivity index (χ3v) is 3.37. The van der Waals surface area contributed by atoms with Crippen LogP contribution in [-0.2, 0) is 9.53 Å². The Bertz CT molecular complexity index is 221. The fourth-order valence-electron chi connectivity index (χ4n) is 2.29. The van der Waals surface area contributed by atoms with Gasteiger partial charge in [-0.2, -0.15) is 0 Å². The highest BCUT2D eigenvalue weighted by atomic mass is 16.5. The summed E-state index contributed by atoms with van der Waals surface area (Å²) in [5.74, 6) is 0.844. The number of ether oxygens (including phenoxy) is 1. The van der Waals surface area contributed by atoms with E-state index in [1.807, 2.05) is 0 Å². The molecule has 2 aliphatic rings. The summed E-state index contributed by atoms with van der Waals surface area (Å²) in [6.45, 7) is 2.19. The molecule has 86 valence electrons. The molecule has 0 aromatic heterocycles. The zero-order valence-corrected chi connectivity index (χ0v) is 9.08. The quantitative estimate of drug-likeness (QED) is 0.705. The van der Waals surface area contributed by atoms with Gasteiger partial charge < -0.3 is 15.8 Å². The highest BCUT2D eigenvalue weighted by molar-refractivity contribution is 5.78. The van der Waals surface area contributed by atoms with E-state index in [2.05, 4.69) is 5.32 Å². The third kappa shape index (κ3) is 2.92. The van der Waals surface area contributed by atoms with Crippen LogP contribution >= 0.6 is 0 Å². The lowest BCUT2D eigenvalue weighted by atomic mass is 9.81. The molecule has 0 radical (unpaired) electrons. The van der Waals surface area contributed by atoms with Gasteiger partial charge in [0.25, 0.3) is 0 Å². The van der Waals surface area contributed by atoms with E-state index in [1.165, 1.54) is 0 Å². The van der Waals surface area contributed by atoms with Gasteiger partial charge in [-0.05, 0) is 31.6 Å². The van der Waals surface area contributed by atoms with Crippen LogP contribution in [0.1, 0.15) is 25.7 Å². The Balaban J connectivity index is 1.63. The largest absolute Gasteiger partial charge is 0.381 e. The first-order valence-corrected chi connectivity index (χ1v) is 5.86. The van der Waals surface area contributed by atoms with Gasteiger partial charge in [-0.3, -0.25) is 4.79 Å². The molecule has 0 aromatic rings. The average molecular weight is 212 g/mol. The van der Waals surface area contributed by atoms with E-state index >= 15 is 0 Å². The van der Waals surface area contributed by atoms with Crippen molar-refractivity contribution in [2.45, 2.75) is 31.7 Å². The van der Waals surface area contributed by atoms with Gasteiger partial charge in [0.1, 0.15) is 0 Å². The van der Waals surface area contributed by atoms with E-state index < -0.39 is 0 Å². The molecule has 1 heterocycles. The van der Waals surface area contributed by atoms with Gasteiger partial charge in [-0.1, -0.05) is 0 Å². The summed E-state index contributed by atoms with van der Waals surface area (Å²) in [4.78, 5) is 11.7. The maximum Gasteiger partial charge on any atom is 0.225 e. The van der Waals surface area contributed by atoms with E-state index in [4.69, 9.17) is 10.5 Å². The molecule has 4 heteroatoms. The van der Waals surface area contributed by atoms with Gasteiger partial charge in [-0.15, -0.1) is 0 Å². The van der Waals surface area contributed by atoms with Crippen molar-refractivity contribution in [2.24, 2.45) is 17.6 Å². The van der Waals surface area contributed by atoms with Crippen LogP contribution in [0.3, 0.4) is 0 Å². The summed E-state index contributed by atoms with van der Waals surface area (Å²) in [6.07, 6.45) is 4.09. The van der Waals surface area contributed by atoms with E-state index in [0.717, 1.165) is 38.8 Å². The van der Waals surface area contributed by atoms with Crippen molar-refractivity contribution in [2.75, 3.05) is 19.8 Å². The number of amides is 1. The zero-order chi connectivity index (χ0) is 10.7. The van der Waals surface area contributed by atoms with Crippen molar-refractivity contribution in [3.05, 3.63) is 0 Å². The predicted octanol–water partition coefficient (Wildman–Crippen LogP) is 0.266. The SMILES string of the molecule is NC1CC(CNC(=O)C2CCCOC2)C1. The van der Waals surface area contributed by atoms with Crippen molar-refractivity contribution < 1.29 is 9.53 Å². The lowest BCUT2D eigenvalue weighted by Crippen LogP contribution is -2.44. The van der Waals surface area contributed by atoms with E-state index in [1.54, 1.807) is 0 Å². The second kappa shape index (κ2) is 4.94. The topological polar surface area (TPSA) is 64.3 Å². The minimum atomic E-state index is 0.0764. The van der Waals surface area contributed by atoms with Gasteiger partial charge in [0.15, 0.2) is 0 Å². The van der Waals surface area contributed by atoms with Crippen molar-refractivity contribution in [3.63, 3.8) is 0 Å². The smallest absolute Gasteiger partial charge is 0.225 e. The Morgan fingerprint density at radius 2 is 2.27 bits per heavy atom. The van der Waals surface area contributed by atoms with E-state index in [-0.39, 0.29) is 11.8 Å². The number of carbonyl (C=O) groups excluding carboxylic acids is 1. The molecule has 1 saturated carbocycles. The Hall–Kier alpha value is -0.610. The molecule has 2 fully saturated rings. The molecule has 15 heavy (non-hydrogen) atoms. The molecule has 2 rings (SSSR count). The predicted molar refractivity (Wildman–Crippen MR) is 57.3 cm³/mol. The maximum atomic E-state index is 11.7. The highest BCUT2D eigenvalue weighted by Gasteiger charge is 2.27. The van der Waals surface area contributed by atoms with Crippen LogP contribution in [-0.4, -0.2) is 31.7 Å². The van der Waals surface area contributed by atoms with Crippen LogP contribution in [0.4, 0.5) is 0 Å². The first-order valence-electron chi connectivity index (χ1n) is 5.86. The lowest BCUT2D eigenvalue weighted by Gasteiger charge is -2.33. The van der Waals surface area contributed by atoms with Gasteiger partial charge in [0.05, 0.1) is 12.5 Å². The summed E-state index contributed by atoms with van der Waals surface area (Å²) < 4.78 is 5.29. The molecule has 1 unspecified atom stereocenters. The summed E-state index contributed by atoms with van der Waals surface area (Å²) in [5, 5.41) is 3.00. The summed E-state index contributed by atoms with van der Waals surface area (Å²) >= 11 is 0. The highest BCUT2D eigenvalue weighted by Crippen LogP contribution is 2.24. The van der Waals surface area contributed by atoms with Crippen LogP contribution in [0, 0.1) is 11.8 Å². The van der Waals surface area contributed by atoms with Gasteiger partial charge >= 0.3 is 0 Å².